The zero-order valence-electron chi connectivity index (χ0n) is 24.9. The van der Waals surface area contributed by atoms with E-state index in [9.17, 15) is 9.90 Å². The molecule has 10 heteroatoms. The summed E-state index contributed by atoms with van der Waals surface area (Å²) >= 11 is 12.4. The molecule has 0 saturated carbocycles. The Balaban J connectivity index is 1.21. The summed E-state index contributed by atoms with van der Waals surface area (Å²) in [6, 6.07) is 19.1. The Morgan fingerprint density at radius 2 is 1.84 bits per heavy atom. The maximum absolute atomic E-state index is 12.2. The van der Waals surface area contributed by atoms with Gasteiger partial charge in [-0.3, -0.25) is 14.6 Å². The molecule has 3 atom stereocenters. The Bertz CT molecular complexity index is 1660. The number of hydrogen-bond donors (Lipinski definition) is 1. The first-order valence-electron chi connectivity index (χ1n) is 14.8. The van der Waals surface area contributed by atoms with Gasteiger partial charge in [0.15, 0.2) is 0 Å². The molecule has 8 nitrogen and oxygen atoms in total. The molecular formula is C34H35Cl2N3O5. The molecule has 0 aliphatic carbocycles. The van der Waals surface area contributed by atoms with Crippen LogP contribution in [0.2, 0.25) is 10.0 Å². The highest BCUT2D eigenvalue weighted by Gasteiger charge is 2.34. The van der Waals surface area contributed by atoms with Gasteiger partial charge >= 0.3 is 5.97 Å². The molecule has 3 heterocycles. The lowest BCUT2D eigenvalue weighted by molar-refractivity contribution is -0.144. The first-order chi connectivity index (χ1) is 21.2. The normalized spacial score (nSPS) is 19.4. The zero-order chi connectivity index (χ0) is 31.0. The van der Waals surface area contributed by atoms with Crippen molar-refractivity contribution in [3.05, 3.63) is 110 Å². The van der Waals surface area contributed by atoms with Crippen LogP contribution in [0.15, 0.2) is 65.2 Å². The largest absolute Gasteiger partial charge is 0.486 e. The summed E-state index contributed by atoms with van der Waals surface area (Å²) in [5, 5.41) is 15.1. The van der Waals surface area contributed by atoms with Crippen molar-refractivity contribution in [1.29, 1.82) is 0 Å². The molecule has 0 saturated heterocycles. The van der Waals surface area contributed by atoms with Crippen LogP contribution in [0.3, 0.4) is 0 Å². The molecule has 0 amide bonds. The van der Waals surface area contributed by atoms with Crippen LogP contribution in [0.4, 0.5) is 0 Å². The lowest BCUT2D eigenvalue weighted by Crippen LogP contribution is -2.45. The minimum Gasteiger partial charge on any atom is -0.486 e. The monoisotopic (exact) mass is 635 g/mol. The van der Waals surface area contributed by atoms with E-state index in [0.717, 1.165) is 51.4 Å². The third-order valence-corrected chi connectivity index (χ3v) is 9.08. The van der Waals surface area contributed by atoms with E-state index >= 15 is 0 Å². The number of hydrogen-bond acceptors (Lipinski definition) is 7. The van der Waals surface area contributed by atoms with Crippen molar-refractivity contribution in [3.8, 4) is 11.5 Å². The molecule has 0 fully saturated rings. The average molecular weight is 637 g/mol. The molecule has 3 aromatic carbocycles. The number of benzene rings is 3. The fourth-order valence-electron chi connectivity index (χ4n) is 6.09. The van der Waals surface area contributed by atoms with Gasteiger partial charge in [0.05, 0.1) is 15.7 Å². The highest BCUT2D eigenvalue weighted by molar-refractivity contribution is 6.42. The number of carboxylic acid groups (broad SMARTS) is 1. The van der Waals surface area contributed by atoms with E-state index in [4.69, 9.17) is 37.2 Å². The van der Waals surface area contributed by atoms with E-state index in [1.807, 2.05) is 42.2 Å². The predicted molar refractivity (Wildman–Crippen MR) is 168 cm³/mol. The van der Waals surface area contributed by atoms with E-state index in [1.165, 1.54) is 0 Å². The van der Waals surface area contributed by atoms with Crippen LogP contribution in [-0.2, 0) is 30.8 Å². The number of aliphatic carboxylic acids is 1. The first kappa shape index (κ1) is 30.5. The van der Waals surface area contributed by atoms with Crippen LogP contribution in [0.5, 0.6) is 11.5 Å². The summed E-state index contributed by atoms with van der Waals surface area (Å²) in [5.74, 6) is 1.46. The molecule has 1 aromatic heterocycles. The highest BCUT2D eigenvalue weighted by Crippen LogP contribution is 2.37. The van der Waals surface area contributed by atoms with E-state index in [2.05, 4.69) is 48.3 Å². The Hall–Kier alpha value is -3.56. The van der Waals surface area contributed by atoms with Crippen molar-refractivity contribution in [3.63, 3.8) is 0 Å². The summed E-state index contributed by atoms with van der Waals surface area (Å²) in [6.07, 6.45) is 0.863. The van der Waals surface area contributed by atoms with Crippen LogP contribution >= 0.6 is 23.2 Å². The topological polar surface area (TPSA) is 88.3 Å². The fourth-order valence-corrected chi connectivity index (χ4v) is 6.40. The molecular weight excluding hydrogens is 601 g/mol. The molecule has 6 rings (SSSR count). The number of aromatic nitrogens is 1. The molecule has 2 aliphatic rings. The summed E-state index contributed by atoms with van der Waals surface area (Å²) in [6.45, 7) is 6.20. The van der Waals surface area contributed by atoms with Gasteiger partial charge in [0, 0.05) is 37.8 Å². The Labute approximate surface area is 267 Å². The van der Waals surface area contributed by atoms with Gasteiger partial charge < -0.3 is 19.1 Å². The van der Waals surface area contributed by atoms with E-state index in [1.54, 1.807) is 6.07 Å². The Morgan fingerprint density at radius 1 is 1.05 bits per heavy atom. The second kappa shape index (κ2) is 12.8. The second-order valence-corrected chi connectivity index (χ2v) is 12.5. The smallest absolute Gasteiger partial charge is 0.321 e. The number of nitrogens with zero attached hydrogens (tertiary/aromatic N) is 3. The van der Waals surface area contributed by atoms with Crippen LogP contribution in [-0.4, -0.2) is 45.7 Å². The van der Waals surface area contributed by atoms with Gasteiger partial charge in [0.1, 0.15) is 35.5 Å². The van der Waals surface area contributed by atoms with Crippen LogP contribution in [0.1, 0.15) is 64.8 Å². The number of carbonyl (C=O) groups is 1. The lowest BCUT2D eigenvalue weighted by atomic mass is 9.91. The van der Waals surface area contributed by atoms with Crippen molar-refractivity contribution in [2.24, 2.45) is 0 Å². The summed E-state index contributed by atoms with van der Waals surface area (Å²) in [5.41, 5.74) is 5.93. The van der Waals surface area contributed by atoms with Crippen LogP contribution in [0, 0.1) is 6.92 Å². The molecule has 1 N–H and O–H groups in total. The number of halogens is 2. The number of carboxylic acids is 1. The van der Waals surface area contributed by atoms with Gasteiger partial charge in [0.25, 0.3) is 0 Å². The summed E-state index contributed by atoms with van der Waals surface area (Å²) < 4.78 is 18.2. The van der Waals surface area contributed by atoms with E-state index in [0.29, 0.717) is 48.4 Å². The van der Waals surface area contributed by atoms with E-state index in [-0.39, 0.29) is 12.2 Å². The molecule has 0 radical (unpaired) electrons. The highest BCUT2D eigenvalue weighted by atomic mass is 35.5. The third kappa shape index (κ3) is 6.59. The van der Waals surface area contributed by atoms with Crippen molar-refractivity contribution in [2.45, 2.75) is 64.6 Å². The lowest BCUT2D eigenvalue weighted by Gasteiger charge is -2.34. The van der Waals surface area contributed by atoms with Crippen molar-refractivity contribution in [2.75, 3.05) is 13.6 Å². The van der Waals surface area contributed by atoms with Crippen molar-refractivity contribution in [1.82, 2.24) is 15.0 Å². The Morgan fingerprint density at radius 3 is 2.52 bits per heavy atom. The van der Waals surface area contributed by atoms with Crippen LogP contribution in [0.25, 0.3) is 0 Å². The van der Waals surface area contributed by atoms with Crippen molar-refractivity contribution < 1.29 is 23.9 Å². The molecule has 0 unspecified atom stereocenters. The maximum Gasteiger partial charge on any atom is 0.321 e. The zero-order valence-corrected chi connectivity index (χ0v) is 26.4. The second-order valence-electron chi connectivity index (χ2n) is 11.7. The van der Waals surface area contributed by atoms with Crippen LogP contribution < -0.4 is 9.47 Å². The van der Waals surface area contributed by atoms with Gasteiger partial charge in [-0.25, -0.2) is 0 Å². The summed E-state index contributed by atoms with van der Waals surface area (Å²) in [4.78, 5) is 16.4. The van der Waals surface area contributed by atoms with Crippen molar-refractivity contribution >= 4 is 29.2 Å². The number of aryl methyl sites for hydroxylation is 1. The molecule has 230 valence electrons. The van der Waals surface area contributed by atoms with Gasteiger partial charge in [-0.2, -0.15) is 0 Å². The number of fused-ring (bicyclic) bond motifs is 2. The quantitative estimate of drug-likeness (QED) is 0.214. The summed E-state index contributed by atoms with van der Waals surface area (Å²) in [7, 11) is 2.08. The maximum atomic E-state index is 12.2. The molecule has 44 heavy (non-hydrogen) atoms. The number of likely N-dealkylation sites (N-methyl/N-ethyl adjacent to an activating group) is 1. The molecule has 0 bridgehead atoms. The minimum absolute atomic E-state index is 0.150. The van der Waals surface area contributed by atoms with Gasteiger partial charge in [-0.05, 0) is 79.4 Å². The minimum atomic E-state index is -0.839. The third-order valence-electron chi connectivity index (χ3n) is 8.34. The molecule has 0 spiro atoms. The SMILES string of the molecule is CC[C@@H](Oc1ccc([C@H]2CN(C)Cc3cc4c(cc3O2)CN(Cc2cc(C)on2)[C@H](C(=O)O)C4)cc1)c1ccc(Cl)c(Cl)c1. The molecule has 4 aromatic rings. The standard InChI is InChI=1S/C34H35Cl2N3O5/c1-4-31(22-7-10-28(35)29(36)13-22)42-27-8-5-21(6-9-27)33-19-38(3)16-25-12-23-14-30(34(40)41)39(17-24(23)15-32(25)43-33)18-26-11-20(2)44-37-26/h5-13,15,30-31,33H,4,14,16-19H2,1-3H3,(H,40,41)/t30-,31+,33+/m0/s1. The molecule has 2 aliphatic heterocycles. The van der Waals surface area contributed by atoms with E-state index < -0.39 is 12.0 Å². The Kier molecular flexibility index (Phi) is 8.87. The fraction of sp³-hybridized carbons (Fsp3) is 0.353. The predicted octanol–water partition coefficient (Wildman–Crippen LogP) is 7.40. The average Bonchev–Trinajstić information content (AvgIpc) is 3.33. The number of rotatable bonds is 8. The van der Waals surface area contributed by atoms with Gasteiger partial charge in [-0.15, -0.1) is 0 Å². The number of ether oxygens (including phenoxy) is 2. The van der Waals surface area contributed by atoms with Gasteiger partial charge in [-0.1, -0.05) is 59.5 Å². The first-order valence-corrected chi connectivity index (χ1v) is 15.5. The van der Waals surface area contributed by atoms with Gasteiger partial charge in [0.2, 0.25) is 0 Å².